The Labute approximate surface area is 159 Å². The van der Waals surface area contributed by atoms with E-state index in [0.717, 1.165) is 24.1 Å². The van der Waals surface area contributed by atoms with E-state index in [1.165, 1.54) is 12.8 Å². The van der Waals surface area contributed by atoms with Crippen LogP contribution in [-0.4, -0.2) is 48.1 Å². The van der Waals surface area contributed by atoms with Crippen LogP contribution < -0.4 is 10.8 Å². The molecule has 1 heterocycles. The van der Waals surface area contributed by atoms with Crippen molar-refractivity contribution in [2.75, 3.05) is 20.1 Å². The summed E-state index contributed by atoms with van der Waals surface area (Å²) in [7, 11) is 2.14. The van der Waals surface area contributed by atoms with Gasteiger partial charge in [-0.2, -0.15) is 0 Å². The summed E-state index contributed by atoms with van der Waals surface area (Å²) in [5, 5.41) is 11.7. The van der Waals surface area contributed by atoms with E-state index in [4.69, 9.17) is 5.21 Å². The van der Waals surface area contributed by atoms with Crippen molar-refractivity contribution in [3.8, 4) is 11.1 Å². The maximum atomic E-state index is 12.5. The van der Waals surface area contributed by atoms with Gasteiger partial charge in [0.25, 0.3) is 11.8 Å². The van der Waals surface area contributed by atoms with Crippen LogP contribution in [0.1, 0.15) is 40.0 Å². The number of hydroxylamine groups is 1. The Morgan fingerprint density at radius 3 is 2.52 bits per heavy atom. The summed E-state index contributed by atoms with van der Waals surface area (Å²) >= 11 is 0. The van der Waals surface area contributed by atoms with Gasteiger partial charge in [-0.3, -0.25) is 14.8 Å². The standard InChI is InChI=1S/C21H25N3O3/c1-24-13-3-6-19(24)11-12-22-20(25)18-5-2-4-17(14-18)15-7-9-16(10-8-15)21(26)23-27/h2,4-5,7-10,14,19,27H,3,6,11-13H2,1H3,(H,22,25)(H,23,26). The lowest BCUT2D eigenvalue weighted by Gasteiger charge is -2.19. The second-order valence-electron chi connectivity index (χ2n) is 6.92. The van der Waals surface area contributed by atoms with Gasteiger partial charge >= 0.3 is 0 Å². The number of hydrogen-bond acceptors (Lipinski definition) is 4. The highest BCUT2D eigenvalue weighted by molar-refractivity contribution is 5.96. The van der Waals surface area contributed by atoms with Gasteiger partial charge in [0.05, 0.1) is 0 Å². The lowest BCUT2D eigenvalue weighted by molar-refractivity contribution is 0.0706. The summed E-state index contributed by atoms with van der Waals surface area (Å²) in [5.41, 5.74) is 4.39. The number of amides is 2. The molecule has 0 saturated carbocycles. The number of rotatable bonds is 6. The fourth-order valence-corrected chi connectivity index (χ4v) is 3.52. The highest BCUT2D eigenvalue weighted by atomic mass is 16.5. The van der Waals surface area contributed by atoms with Crippen molar-refractivity contribution in [3.05, 3.63) is 59.7 Å². The average Bonchev–Trinajstić information content (AvgIpc) is 3.12. The van der Waals surface area contributed by atoms with Crippen molar-refractivity contribution in [2.24, 2.45) is 0 Å². The quantitative estimate of drug-likeness (QED) is 0.542. The molecule has 0 aromatic heterocycles. The number of nitrogens with zero attached hydrogens (tertiary/aromatic N) is 1. The smallest absolute Gasteiger partial charge is 0.274 e. The first-order chi connectivity index (χ1) is 13.1. The van der Waals surface area contributed by atoms with E-state index in [1.54, 1.807) is 35.8 Å². The maximum Gasteiger partial charge on any atom is 0.274 e. The van der Waals surface area contributed by atoms with E-state index in [0.29, 0.717) is 23.7 Å². The molecule has 3 rings (SSSR count). The van der Waals surface area contributed by atoms with Crippen molar-refractivity contribution in [1.29, 1.82) is 0 Å². The molecule has 1 aliphatic rings. The third-order valence-corrected chi connectivity index (χ3v) is 5.14. The van der Waals surface area contributed by atoms with Crippen LogP contribution in [0.3, 0.4) is 0 Å². The van der Waals surface area contributed by atoms with Crippen LogP contribution in [0.25, 0.3) is 11.1 Å². The number of carbonyl (C=O) groups excluding carboxylic acids is 2. The van der Waals surface area contributed by atoms with Gasteiger partial charge in [-0.25, -0.2) is 5.48 Å². The zero-order chi connectivity index (χ0) is 19.2. The SMILES string of the molecule is CN1CCCC1CCNC(=O)c1cccc(-c2ccc(C(=O)NO)cc2)c1. The normalized spacial score (nSPS) is 16.9. The number of nitrogens with one attached hydrogen (secondary N) is 2. The molecule has 2 aromatic rings. The molecule has 2 aromatic carbocycles. The Kier molecular flexibility index (Phi) is 6.21. The van der Waals surface area contributed by atoms with Crippen LogP contribution in [0.2, 0.25) is 0 Å². The minimum Gasteiger partial charge on any atom is -0.352 e. The van der Waals surface area contributed by atoms with Gasteiger partial charge in [-0.1, -0.05) is 24.3 Å². The second kappa shape index (κ2) is 8.79. The molecule has 1 fully saturated rings. The van der Waals surface area contributed by atoms with E-state index >= 15 is 0 Å². The van der Waals surface area contributed by atoms with Crippen LogP contribution in [0.4, 0.5) is 0 Å². The average molecular weight is 367 g/mol. The molecule has 3 N–H and O–H groups in total. The van der Waals surface area contributed by atoms with E-state index in [1.807, 2.05) is 18.2 Å². The molecular weight excluding hydrogens is 342 g/mol. The molecule has 0 spiro atoms. The van der Waals surface area contributed by atoms with E-state index in [-0.39, 0.29) is 5.91 Å². The van der Waals surface area contributed by atoms with Crippen molar-refractivity contribution < 1.29 is 14.8 Å². The molecule has 1 atom stereocenters. The number of likely N-dealkylation sites (tertiary alicyclic amines) is 1. The van der Waals surface area contributed by atoms with E-state index in [2.05, 4.69) is 17.3 Å². The summed E-state index contributed by atoms with van der Waals surface area (Å²) in [4.78, 5) is 26.2. The molecule has 1 saturated heterocycles. The fourth-order valence-electron chi connectivity index (χ4n) is 3.52. The van der Waals surface area contributed by atoms with Gasteiger partial charge in [0, 0.05) is 23.7 Å². The molecule has 6 heteroatoms. The molecule has 0 aliphatic carbocycles. The Balaban J connectivity index is 1.62. The Morgan fingerprint density at radius 2 is 1.85 bits per heavy atom. The second-order valence-corrected chi connectivity index (χ2v) is 6.92. The summed E-state index contributed by atoms with van der Waals surface area (Å²) < 4.78 is 0. The predicted octanol–water partition coefficient (Wildman–Crippen LogP) is 2.69. The van der Waals surface area contributed by atoms with Gasteiger partial charge in [-0.05, 0) is 68.2 Å². The largest absolute Gasteiger partial charge is 0.352 e. The zero-order valence-electron chi connectivity index (χ0n) is 15.4. The third-order valence-electron chi connectivity index (χ3n) is 5.14. The minimum absolute atomic E-state index is 0.0752. The van der Waals surface area contributed by atoms with Gasteiger partial charge in [0.1, 0.15) is 0 Å². The van der Waals surface area contributed by atoms with Crippen LogP contribution >= 0.6 is 0 Å². The van der Waals surface area contributed by atoms with Gasteiger partial charge in [-0.15, -0.1) is 0 Å². The molecule has 0 radical (unpaired) electrons. The first kappa shape index (κ1) is 19.1. The van der Waals surface area contributed by atoms with Gasteiger partial charge in [0.15, 0.2) is 0 Å². The first-order valence-electron chi connectivity index (χ1n) is 9.22. The van der Waals surface area contributed by atoms with E-state index < -0.39 is 5.91 Å². The molecule has 142 valence electrons. The summed E-state index contributed by atoms with van der Waals surface area (Å²) in [6.07, 6.45) is 3.40. The summed E-state index contributed by atoms with van der Waals surface area (Å²) in [6, 6.07) is 14.8. The molecule has 1 aliphatic heterocycles. The van der Waals surface area contributed by atoms with Gasteiger partial charge in [0.2, 0.25) is 0 Å². The number of carbonyl (C=O) groups is 2. The summed E-state index contributed by atoms with van der Waals surface area (Å²) in [5.74, 6) is -0.628. The highest BCUT2D eigenvalue weighted by Crippen LogP contribution is 2.21. The van der Waals surface area contributed by atoms with Gasteiger partial charge < -0.3 is 10.2 Å². The predicted molar refractivity (Wildman–Crippen MR) is 104 cm³/mol. The Hall–Kier alpha value is -2.70. The summed E-state index contributed by atoms with van der Waals surface area (Å²) in [6.45, 7) is 1.81. The topological polar surface area (TPSA) is 81.7 Å². The first-order valence-corrected chi connectivity index (χ1v) is 9.22. The zero-order valence-corrected chi connectivity index (χ0v) is 15.4. The van der Waals surface area contributed by atoms with Crippen molar-refractivity contribution in [3.63, 3.8) is 0 Å². The third kappa shape index (κ3) is 4.72. The monoisotopic (exact) mass is 367 g/mol. The van der Waals surface area contributed by atoms with Crippen LogP contribution in [0.15, 0.2) is 48.5 Å². The molecule has 27 heavy (non-hydrogen) atoms. The molecule has 2 amide bonds. The lowest BCUT2D eigenvalue weighted by Crippen LogP contribution is -2.31. The maximum absolute atomic E-state index is 12.5. The molecule has 0 bridgehead atoms. The highest BCUT2D eigenvalue weighted by Gasteiger charge is 2.20. The molecular formula is C21H25N3O3. The van der Waals surface area contributed by atoms with Crippen molar-refractivity contribution >= 4 is 11.8 Å². The van der Waals surface area contributed by atoms with Crippen LogP contribution in [0.5, 0.6) is 0 Å². The number of hydrogen-bond donors (Lipinski definition) is 3. The number of benzene rings is 2. The Morgan fingerprint density at radius 1 is 1.07 bits per heavy atom. The van der Waals surface area contributed by atoms with Crippen molar-refractivity contribution in [1.82, 2.24) is 15.7 Å². The molecule has 1 unspecified atom stereocenters. The Bertz CT molecular complexity index is 805. The van der Waals surface area contributed by atoms with E-state index in [9.17, 15) is 9.59 Å². The fraction of sp³-hybridized carbons (Fsp3) is 0.333. The molecule has 6 nitrogen and oxygen atoms in total. The van der Waals surface area contributed by atoms with Crippen LogP contribution in [0, 0.1) is 0 Å². The van der Waals surface area contributed by atoms with Crippen molar-refractivity contribution in [2.45, 2.75) is 25.3 Å². The van der Waals surface area contributed by atoms with Crippen LogP contribution in [-0.2, 0) is 0 Å². The lowest BCUT2D eigenvalue weighted by atomic mass is 10.0. The minimum atomic E-state index is -0.553.